The molecule has 0 radical (unpaired) electrons. The molecule has 8 nitrogen and oxygen atoms in total. The number of anilines is 1. The second-order valence-electron chi connectivity index (χ2n) is 11.5. The molecule has 0 aliphatic carbocycles. The van der Waals surface area contributed by atoms with E-state index in [9.17, 15) is 14.4 Å². The molecule has 3 aromatic rings. The van der Waals surface area contributed by atoms with Gasteiger partial charge in [0.25, 0.3) is 0 Å². The van der Waals surface area contributed by atoms with Crippen molar-refractivity contribution in [2.24, 2.45) is 0 Å². The number of rotatable bonds is 6. The van der Waals surface area contributed by atoms with E-state index in [1.807, 2.05) is 100 Å². The Morgan fingerprint density at radius 1 is 0.951 bits per heavy atom. The van der Waals surface area contributed by atoms with E-state index in [0.29, 0.717) is 13.0 Å². The first-order chi connectivity index (χ1) is 19.4. The number of carbonyl (C=O) groups excluding carboxylic acids is 3. The Morgan fingerprint density at radius 2 is 1.61 bits per heavy atom. The topological polar surface area (TPSA) is 88.2 Å². The van der Waals surface area contributed by atoms with Crippen LogP contribution in [0.4, 0.5) is 15.3 Å². The molecule has 0 spiro atoms. The Morgan fingerprint density at radius 3 is 2.24 bits per heavy atom. The second-order valence-corrected chi connectivity index (χ2v) is 11.5. The Labute approximate surface area is 242 Å². The van der Waals surface area contributed by atoms with Gasteiger partial charge in [0.05, 0.1) is 6.04 Å². The average molecular weight is 558 g/mol. The monoisotopic (exact) mass is 557 g/mol. The van der Waals surface area contributed by atoms with Crippen LogP contribution in [0.1, 0.15) is 63.8 Å². The highest BCUT2D eigenvalue weighted by Gasteiger charge is 2.34. The third-order valence-corrected chi connectivity index (χ3v) is 6.93. The molecular formula is C33H39N3O5. The highest BCUT2D eigenvalue weighted by atomic mass is 16.6. The number of ether oxygens (including phenoxy) is 2. The number of amides is 3. The fraction of sp³-hybridized carbons (Fsp3) is 0.364. The van der Waals surface area contributed by atoms with Gasteiger partial charge in [0.1, 0.15) is 12.2 Å². The summed E-state index contributed by atoms with van der Waals surface area (Å²) in [6.07, 6.45) is -0.306. The third-order valence-electron chi connectivity index (χ3n) is 6.93. The Balaban J connectivity index is 1.49. The summed E-state index contributed by atoms with van der Waals surface area (Å²) in [5.74, 6) is -0.0435. The summed E-state index contributed by atoms with van der Waals surface area (Å²) in [6.45, 7) is 9.66. The van der Waals surface area contributed by atoms with Crippen molar-refractivity contribution < 1.29 is 23.9 Å². The summed E-state index contributed by atoms with van der Waals surface area (Å²) in [5.41, 5.74) is 4.88. The Bertz CT molecular complexity index is 1380. The number of nitrogens with one attached hydrogen (secondary N) is 1. The van der Waals surface area contributed by atoms with Crippen LogP contribution in [-0.4, -0.2) is 41.7 Å². The van der Waals surface area contributed by atoms with Crippen LogP contribution in [0, 0.1) is 0 Å². The van der Waals surface area contributed by atoms with Crippen LogP contribution >= 0.6 is 0 Å². The van der Waals surface area contributed by atoms with Crippen molar-refractivity contribution in [3.63, 3.8) is 0 Å². The number of fused-ring (bicyclic) bond motifs is 1. The molecule has 1 aliphatic heterocycles. The molecule has 2 atom stereocenters. The van der Waals surface area contributed by atoms with Gasteiger partial charge in [0.15, 0.2) is 0 Å². The molecule has 41 heavy (non-hydrogen) atoms. The zero-order valence-corrected chi connectivity index (χ0v) is 24.6. The first-order valence-electron chi connectivity index (χ1n) is 13.9. The zero-order chi connectivity index (χ0) is 29.7. The van der Waals surface area contributed by atoms with Crippen molar-refractivity contribution in [1.82, 2.24) is 10.2 Å². The first kappa shape index (κ1) is 29.6. The summed E-state index contributed by atoms with van der Waals surface area (Å²) < 4.78 is 10.9. The molecule has 0 fully saturated rings. The van der Waals surface area contributed by atoms with E-state index in [1.54, 1.807) is 23.8 Å². The fourth-order valence-corrected chi connectivity index (χ4v) is 5.08. The predicted molar refractivity (Wildman–Crippen MR) is 159 cm³/mol. The molecule has 1 N–H and O–H groups in total. The number of nitrogens with zero attached hydrogens (tertiary/aromatic N) is 2. The van der Waals surface area contributed by atoms with Crippen LogP contribution in [-0.2, 0) is 27.4 Å². The lowest BCUT2D eigenvalue weighted by atomic mass is 9.89. The summed E-state index contributed by atoms with van der Waals surface area (Å²) in [4.78, 5) is 40.9. The van der Waals surface area contributed by atoms with Crippen LogP contribution in [0.2, 0.25) is 0 Å². The summed E-state index contributed by atoms with van der Waals surface area (Å²) in [5, 5.41) is 3.01. The van der Waals surface area contributed by atoms with Crippen molar-refractivity contribution in [1.29, 1.82) is 0 Å². The van der Waals surface area contributed by atoms with Gasteiger partial charge in [-0.05, 0) is 74.1 Å². The van der Waals surface area contributed by atoms with Gasteiger partial charge in [0, 0.05) is 32.2 Å². The Kier molecular flexibility index (Phi) is 9.01. The van der Waals surface area contributed by atoms with Gasteiger partial charge in [-0.1, -0.05) is 60.7 Å². The van der Waals surface area contributed by atoms with Crippen molar-refractivity contribution >= 4 is 23.8 Å². The summed E-state index contributed by atoms with van der Waals surface area (Å²) in [7, 11) is 1.71. The van der Waals surface area contributed by atoms with E-state index >= 15 is 0 Å². The number of alkyl carbamates (subject to hydrolysis) is 1. The van der Waals surface area contributed by atoms with Gasteiger partial charge in [0.2, 0.25) is 5.91 Å². The van der Waals surface area contributed by atoms with Crippen molar-refractivity contribution in [2.45, 2.75) is 71.9 Å². The highest BCUT2D eigenvalue weighted by molar-refractivity contribution is 5.94. The van der Waals surface area contributed by atoms with Gasteiger partial charge in [-0.3, -0.25) is 4.79 Å². The quantitative estimate of drug-likeness (QED) is 0.359. The van der Waals surface area contributed by atoms with E-state index in [-0.39, 0.29) is 30.7 Å². The maximum absolute atomic E-state index is 12.6. The van der Waals surface area contributed by atoms with Gasteiger partial charge >= 0.3 is 12.2 Å². The maximum Gasteiger partial charge on any atom is 0.410 e. The van der Waals surface area contributed by atoms with Gasteiger partial charge < -0.3 is 24.6 Å². The minimum atomic E-state index is -0.616. The van der Waals surface area contributed by atoms with E-state index in [2.05, 4.69) is 5.32 Å². The molecule has 0 bridgehead atoms. The van der Waals surface area contributed by atoms with Crippen LogP contribution in [0.5, 0.6) is 0 Å². The standard InChI is InChI=1S/C33H39N3O5/c1-22-18-29(34-31(38)41-33(3,4)5)28-19-27(16-17-30(28)36(22)23(2)37)26-14-12-24(13-15-26)20-35(6)32(39)40-21-25-10-8-7-9-11-25/h7-17,19,22,29H,18,20-21H2,1-6H3,(H,34,38). The smallest absolute Gasteiger partial charge is 0.410 e. The third kappa shape index (κ3) is 7.66. The maximum atomic E-state index is 12.6. The lowest BCUT2D eigenvalue weighted by molar-refractivity contribution is -0.117. The molecule has 3 aromatic carbocycles. The van der Waals surface area contributed by atoms with Crippen molar-refractivity contribution in [3.8, 4) is 11.1 Å². The fourth-order valence-electron chi connectivity index (χ4n) is 5.08. The van der Waals surface area contributed by atoms with Gasteiger partial charge in [-0.25, -0.2) is 9.59 Å². The van der Waals surface area contributed by atoms with E-state index in [4.69, 9.17) is 9.47 Å². The average Bonchev–Trinajstić information content (AvgIpc) is 2.91. The molecule has 0 saturated carbocycles. The minimum absolute atomic E-state index is 0.0435. The van der Waals surface area contributed by atoms with E-state index in [0.717, 1.165) is 33.5 Å². The van der Waals surface area contributed by atoms with Crippen molar-refractivity contribution in [2.75, 3.05) is 11.9 Å². The van der Waals surface area contributed by atoms with Gasteiger partial charge in [-0.2, -0.15) is 0 Å². The largest absolute Gasteiger partial charge is 0.445 e. The number of carbonyl (C=O) groups is 3. The Hall–Kier alpha value is -4.33. The normalized spacial score (nSPS) is 16.4. The summed E-state index contributed by atoms with van der Waals surface area (Å²) in [6, 6.07) is 23.1. The highest BCUT2D eigenvalue weighted by Crippen LogP contribution is 2.40. The lowest BCUT2D eigenvalue weighted by Crippen LogP contribution is -2.46. The minimum Gasteiger partial charge on any atom is -0.445 e. The number of benzene rings is 3. The zero-order valence-electron chi connectivity index (χ0n) is 24.6. The molecular weight excluding hydrogens is 518 g/mol. The molecule has 8 heteroatoms. The van der Waals surface area contributed by atoms with Crippen LogP contribution < -0.4 is 10.2 Å². The van der Waals surface area contributed by atoms with Crippen molar-refractivity contribution in [3.05, 3.63) is 89.5 Å². The SMILES string of the molecule is CC(=O)N1c2ccc(-c3ccc(CN(C)C(=O)OCc4ccccc4)cc3)cc2C(NC(=O)OC(C)(C)C)CC1C. The molecule has 1 heterocycles. The van der Waals surface area contributed by atoms with E-state index < -0.39 is 11.7 Å². The molecule has 216 valence electrons. The molecule has 0 aromatic heterocycles. The second kappa shape index (κ2) is 12.5. The molecule has 4 rings (SSSR count). The molecule has 0 saturated heterocycles. The molecule has 2 unspecified atom stereocenters. The lowest BCUT2D eigenvalue weighted by Gasteiger charge is -2.39. The van der Waals surface area contributed by atoms with Crippen LogP contribution in [0.3, 0.4) is 0 Å². The molecule has 1 aliphatic rings. The predicted octanol–water partition coefficient (Wildman–Crippen LogP) is 6.83. The van der Waals surface area contributed by atoms with E-state index in [1.165, 1.54) is 0 Å². The number of hydrogen-bond acceptors (Lipinski definition) is 5. The molecule has 3 amide bonds. The first-order valence-corrected chi connectivity index (χ1v) is 13.9. The van der Waals surface area contributed by atoms with Crippen LogP contribution in [0.15, 0.2) is 72.8 Å². The number of hydrogen-bond donors (Lipinski definition) is 1. The van der Waals surface area contributed by atoms with Gasteiger partial charge in [-0.15, -0.1) is 0 Å². The summed E-state index contributed by atoms with van der Waals surface area (Å²) >= 11 is 0. The van der Waals surface area contributed by atoms with Crippen LogP contribution in [0.25, 0.3) is 11.1 Å².